The lowest BCUT2D eigenvalue weighted by Crippen LogP contribution is -2.21. The van der Waals surface area contributed by atoms with E-state index < -0.39 is 0 Å². The summed E-state index contributed by atoms with van der Waals surface area (Å²) < 4.78 is 1.80. The molecule has 3 aromatic rings. The first-order chi connectivity index (χ1) is 15.2. The number of nitrogens with zero attached hydrogens (tertiary/aromatic N) is 3. The molecule has 8 heteroatoms. The topological polar surface area (TPSA) is 109 Å². The first-order valence-corrected chi connectivity index (χ1v) is 10.4. The van der Waals surface area contributed by atoms with E-state index in [0.717, 1.165) is 41.8 Å². The predicted octanol–water partition coefficient (Wildman–Crippen LogP) is 2.47. The van der Waals surface area contributed by atoms with Gasteiger partial charge in [0.2, 0.25) is 12.3 Å². The third-order valence-electron chi connectivity index (χ3n) is 5.79. The monoisotopic (exact) mass is 419 g/mol. The first kappa shape index (κ1) is 20.7. The molecule has 1 heterocycles. The molecule has 0 aliphatic heterocycles. The fourth-order valence-electron chi connectivity index (χ4n) is 4.19. The smallest absolute Gasteiger partial charge is 0.247 e. The van der Waals surface area contributed by atoms with E-state index in [1.165, 1.54) is 0 Å². The van der Waals surface area contributed by atoms with Crippen molar-refractivity contribution in [2.75, 3.05) is 6.54 Å². The average Bonchev–Trinajstić information content (AvgIpc) is 3.39. The third-order valence-corrected chi connectivity index (χ3v) is 5.79. The maximum atomic E-state index is 12.2. The van der Waals surface area contributed by atoms with E-state index in [4.69, 9.17) is 5.21 Å². The molecule has 1 aromatic heterocycles. The Balaban J connectivity index is 1.43. The van der Waals surface area contributed by atoms with Crippen molar-refractivity contribution >= 4 is 12.3 Å². The van der Waals surface area contributed by atoms with Gasteiger partial charge in [-0.2, -0.15) is 0 Å². The van der Waals surface area contributed by atoms with Crippen molar-refractivity contribution in [2.24, 2.45) is 5.92 Å². The zero-order valence-corrected chi connectivity index (χ0v) is 17.0. The Labute approximate surface area is 180 Å². The number of hydrogen-bond donors (Lipinski definition) is 3. The van der Waals surface area contributed by atoms with Crippen LogP contribution in [0.1, 0.15) is 35.8 Å². The number of rotatable bonds is 10. The van der Waals surface area contributed by atoms with Crippen molar-refractivity contribution in [1.82, 2.24) is 25.8 Å². The molecule has 1 aliphatic rings. The molecule has 1 saturated carbocycles. The minimum Gasteiger partial charge on any atom is -0.359 e. The SMILES string of the molecule is O=CNCCCCn1cc(-c2ccc(C3C(C(=O)NO)C3c3ccccc3)cc2)nn1. The minimum atomic E-state index is -0.353. The molecule has 2 amide bonds. The van der Waals surface area contributed by atoms with Crippen LogP contribution in [0.4, 0.5) is 0 Å². The largest absolute Gasteiger partial charge is 0.359 e. The van der Waals surface area contributed by atoms with Gasteiger partial charge in [0.05, 0.1) is 12.1 Å². The fraction of sp³-hybridized carbons (Fsp3) is 0.304. The lowest BCUT2D eigenvalue weighted by Gasteiger charge is -2.03. The quantitative estimate of drug-likeness (QED) is 0.202. The van der Waals surface area contributed by atoms with Gasteiger partial charge in [-0.05, 0) is 24.0 Å². The van der Waals surface area contributed by atoms with Gasteiger partial charge in [-0.1, -0.05) is 59.8 Å². The molecular weight excluding hydrogens is 394 g/mol. The summed E-state index contributed by atoms with van der Waals surface area (Å²) in [5.41, 5.74) is 5.71. The Morgan fingerprint density at radius 1 is 1.03 bits per heavy atom. The van der Waals surface area contributed by atoms with Crippen LogP contribution in [-0.2, 0) is 16.1 Å². The molecule has 2 aromatic carbocycles. The van der Waals surface area contributed by atoms with Crippen LogP contribution in [0.5, 0.6) is 0 Å². The third kappa shape index (κ3) is 4.64. The second kappa shape index (κ2) is 9.53. The summed E-state index contributed by atoms with van der Waals surface area (Å²) in [6, 6.07) is 17.9. The Kier molecular flexibility index (Phi) is 6.37. The van der Waals surface area contributed by atoms with Crippen LogP contribution in [0.15, 0.2) is 60.8 Å². The molecule has 3 atom stereocenters. The fourth-order valence-corrected chi connectivity index (χ4v) is 4.19. The van der Waals surface area contributed by atoms with E-state index >= 15 is 0 Å². The number of unbranched alkanes of at least 4 members (excludes halogenated alkanes) is 1. The van der Waals surface area contributed by atoms with Gasteiger partial charge in [0.1, 0.15) is 5.69 Å². The lowest BCUT2D eigenvalue weighted by atomic mass is 10.0. The Morgan fingerprint density at radius 3 is 2.42 bits per heavy atom. The van der Waals surface area contributed by atoms with Crippen molar-refractivity contribution in [3.63, 3.8) is 0 Å². The van der Waals surface area contributed by atoms with Crippen molar-refractivity contribution in [2.45, 2.75) is 31.2 Å². The van der Waals surface area contributed by atoms with Crippen molar-refractivity contribution in [1.29, 1.82) is 0 Å². The molecule has 8 nitrogen and oxygen atoms in total. The zero-order valence-electron chi connectivity index (χ0n) is 17.0. The molecule has 0 bridgehead atoms. The van der Waals surface area contributed by atoms with Gasteiger partial charge in [-0.3, -0.25) is 19.5 Å². The summed E-state index contributed by atoms with van der Waals surface area (Å²) in [5.74, 6) is -0.560. The Hall–Kier alpha value is -3.52. The summed E-state index contributed by atoms with van der Waals surface area (Å²) in [7, 11) is 0. The maximum Gasteiger partial charge on any atom is 0.247 e. The molecule has 1 fully saturated rings. The average molecular weight is 419 g/mol. The number of nitrogens with one attached hydrogen (secondary N) is 2. The van der Waals surface area contributed by atoms with Gasteiger partial charge in [0, 0.05) is 30.5 Å². The molecule has 31 heavy (non-hydrogen) atoms. The van der Waals surface area contributed by atoms with Gasteiger partial charge in [-0.25, -0.2) is 5.48 Å². The van der Waals surface area contributed by atoms with Crippen molar-refractivity contribution in [3.05, 3.63) is 71.9 Å². The minimum absolute atomic E-state index is 0.0271. The molecule has 4 rings (SSSR count). The normalized spacial score (nSPS) is 19.6. The highest BCUT2D eigenvalue weighted by Gasteiger charge is 2.56. The van der Waals surface area contributed by atoms with E-state index in [0.29, 0.717) is 13.0 Å². The van der Waals surface area contributed by atoms with E-state index in [-0.39, 0.29) is 23.7 Å². The Morgan fingerprint density at radius 2 is 1.74 bits per heavy atom. The summed E-state index contributed by atoms with van der Waals surface area (Å²) in [4.78, 5) is 22.4. The van der Waals surface area contributed by atoms with Crippen LogP contribution in [0.2, 0.25) is 0 Å². The van der Waals surface area contributed by atoms with Gasteiger partial charge in [0.25, 0.3) is 0 Å². The Bertz CT molecular complexity index is 1020. The predicted molar refractivity (Wildman–Crippen MR) is 114 cm³/mol. The lowest BCUT2D eigenvalue weighted by molar-refractivity contribution is -0.130. The van der Waals surface area contributed by atoms with E-state index in [1.54, 1.807) is 4.68 Å². The second-order valence-electron chi connectivity index (χ2n) is 7.73. The zero-order chi connectivity index (χ0) is 21.6. The molecular formula is C23H25N5O3. The summed E-state index contributed by atoms with van der Waals surface area (Å²) in [5, 5.41) is 20.2. The summed E-state index contributed by atoms with van der Waals surface area (Å²) in [6.07, 6.45) is 4.40. The van der Waals surface area contributed by atoms with Crippen molar-refractivity contribution < 1.29 is 14.8 Å². The van der Waals surface area contributed by atoms with E-state index in [2.05, 4.69) is 15.6 Å². The number of aryl methyl sites for hydroxylation is 1. The number of aromatic nitrogens is 3. The van der Waals surface area contributed by atoms with Gasteiger partial charge in [0.15, 0.2) is 0 Å². The van der Waals surface area contributed by atoms with Crippen LogP contribution >= 0.6 is 0 Å². The maximum absolute atomic E-state index is 12.2. The highest BCUT2D eigenvalue weighted by atomic mass is 16.5. The van der Waals surface area contributed by atoms with Crippen LogP contribution in [0.25, 0.3) is 11.3 Å². The van der Waals surface area contributed by atoms with E-state index in [9.17, 15) is 9.59 Å². The molecule has 1 aliphatic carbocycles. The number of hydrogen-bond acceptors (Lipinski definition) is 5. The standard InChI is InChI=1S/C23H25N5O3/c29-15-24-12-4-5-13-28-14-19(25-27-28)16-8-10-18(11-9-16)21-20(22(21)23(30)26-31)17-6-2-1-3-7-17/h1-3,6-11,14-15,20-22,31H,4-5,12-13H2,(H,24,29)(H,26,30). The second-order valence-corrected chi connectivity index (χ2v) is 7.73. The van der Waals surface area contributed by atoms with E-state index in [1.807, 2.05) is 66.3 Å². The van der Waals surface area contributed by atoms with Gasteiger partial charge < -0.3 is 5.32 Å². The molecule has 0 saturated heterocycles. The highest BCUT2D eigenvalue weighted by Crippen LogP contribution is 2.60. The van der Waals surface area contributed by atoms with Crippen LogP contribution in [-0.4, -0.2) is 39.1 Å². The number of amides is 2. The van der Waals surface area contributed by atoms with Crippen LogP contribution in [0.3, 0.4) is 0 Å². The first-order valence-electron chi connectivity index (χ1n) is 10.4. The molecule has 0 spiro atoms. The molecule has 3 unspecified atom stereocenters. The van der Waals surface area contributed by atoms with Gasteiger partial charge in [-0.15, -0.1) is 5.10 Å². The number of hydroxylamine groups is 1. The summed E-state index contributed by atoms with van der Waals surface area (Å²) in [6.45, 7) is 1.40. The number of benzene rings is 2. The van der Waals surface area contributed by atoms with Crippen molar-refractivity contribution in [3.8, 4) is 11.3 Å². The van der Waals surface area contributed by atoms with Gasteiger partial charge >= 0.3 is 0 Å². The van der Waals surface area contributed by atoms with Crippen LogP contribution < -0.4 is 10.8 Å². The number of carbonyl (C=O) groups excluding carboxylic acids is 2. The van der Waals surface area contributed by atoms with Crippen LogP contribution in [0, 0.1) is 5.92 Å². The highest BCUT2D eigenvalue weighted by molar-refractivity contribution is 5.84. The summed E-state index contributed by atoms with van der Waals surface area (Å²) >= 11 is 0. The number of carbonyl (C=O) groups is 2. The molecule has 160 valence electrons. The molecule has 3 N–H and O–H groups in total. The molecule has 0 radical (unpaired) electrons.